The van der Waals surface area contributed by atoms with E-state index in [1.54, 1.807) is 24.3 Å². The summed E-state index contributed by atoms with van der Waals surface area (Å²) in [5.74, 6) is -1.41. The Morgan fingerprint density at radius 2 is 2.00 bits per heavy atom. The minimum Gasteiger partial charge on any atom is -0.448 e. The van der Waals surface area contributed by atoms with Gasteiger partial charge in [0.15, 0.2) is 6.10 Å². The number of esters is 1. The Balaban J connectivity index is 1.89. The standard InChI is InChI=1S/C14H14BrN3O4/c1-8(13(20)16-10-4-2-9(15)3-5-10)22-14(21)11-6-7-12(19)18-17-11/h2-5,8H,6-7H2,1H3,(H,16,20)(H,18,19)/t8-/m1/s1. The smallest absolute Gasteiger partial charge is 0.355 e. The third kappa shape index (κ3) is 4.39. The maximum atomic E-state index is 12.0. The fourth-order valence-corrected chi connectivity index (χ4v) is 1.94. The highest BCUT2D eigenvalue weighted by molar-refractivity contribution is 9.10. The zero-order valence-corrected chi connectivity index (χ0v) is 13.3. The third-order valence-electron chi connectivity index (χ3n) is 2.90. The summed E-state index contributed by atoms with van der Waals surface area (Å²) in [5, 5.41) is 6.26. The van der Waals surface area contributed by atoms with Crippen LogP contribution in [-0.2, 0) is 19.1 Å². The number of nitrogens with zero attached hydrogens (tertiary/aromatic N) is 1. The first kappa shape index (κ1) is 16.2. The van der Waals surface area contributed by atoms with Crippen molar-refractivity contribution in [3.8, 4) is 0 Å². The zero-order valence-electron chi connectivity index (χ0n) is 11.8. The quantitative estimate of drug-likeness (QED) is 0.789. The van der Waals surface area contributed by atoms with Gasteiger partial charge in [0.05, 0.1) is 0 Å². The maximum absolute atomic E-state index is 12.0. The molecule has 116 valence electrons. The summed E-state index contributed by atoms with van der Waals surface area (Å²) in [6.45, 7) is 1.47. The lowest BCUT2D eigenvalue weighted by Gasteiger charge is -2.15. The van der Waals surface area contributed by atoms with Gasteiger partial charge in [0, 0.05) is 23.0 Å². The van der Waals surface area contributed by atoms with Gasteiger partial charge in [0.1, 0.15) is 5.71 Å². The molecular formula is C14H14BrN3O4. The van der Waals surface area contributed by atoms with Crippen LogP contribution in [-0.4, -0.2) is 29.6 Å². The minimum atomic E-state index is -0.975. The number of halogens is 1. The summed E-state index contributed by atoms with van der Waals surface area (Å²) in [5.41, 5.74) is 2.90. The highest BCUT2D eigenvalue weighted by Gasteiger charge is 2.24. The van der Waals surface area contributed by atoms with Crippen LogP contribution in [0, 0.1) is 0 Å². The van der Waals surface area contributed by atoms with Crippen molar-refractivity contribution >= 4 is 45.1 Å². The molecule has 1 aliphatic heterocycles. The van der Waals surface area contributed by atoms with Gasteiger partial charge in [-0.3, -0.25) is 9.59 Å². The average Bonchev–Trinajstić information content (AvgIpc) is 2.50. The number of ether oxygens (including phenoxy) is 1. The van der Waals surface area contributed by atoms with Crippen molar-refractivity contribution in [3.05, 3.63) is 28.7 Å². The van der Waals surface area contributed by atoms with Gasteiger partial charge in [-0.15, -0.1) is 0 Å². The summed E-state index contributed by atoms with van der Waals surface area (Å²) in [4.78, 5) is 34.7. The predicted octanol–water partition coefficient (Wildman–Crippen LogP) is 1.59. The minimum absolute atomic E-state index is 0.0999. The highest BCUT2D eigenvalue weighted by atomic mass is 79.9. The lowest BCUT2D eigenvalue weighted by Crippen LogP contribution is -2.35. The van der Waals surface area contributed by atoms with Gasteiger partial charge in [-0.25, -0.2) is 10.2 Å². The first-order valence-electron chi connectivity index (χ1n) is 6.58. The summed E-state index contributed by atoms with van der Waals surface area (Å²) in [7, 11) is 0. The number of nitrogens with one attached hydrogen (secondary N) is 2. The van der Waals surface area contributed by atoms with Crippen LogP contribution in [0.5, 0.6) is 0 Å². The third-order valence-corrected chi connectivity index (χ3v) is 3.43. The number of hydrogen-bond acceptors (Lipinski definition) is 5. The Morgan fingerprint density at radius 1 is 1.32 bits per heavy atom. The molecule has 2 N–H and O–H groups in total. The molecule has 22 heavy (non-hydrogen) atoms. The van der Waals surface area contributed by atoms with Crippen molar-refractivity contribution in [1.29, 1.82) is 0 Å². The second kappa shape index (κ2) is 7.17. The molecule has 1 heterocycles. The molecular weight excluding hydrogens is 354 g/mol. The number of carbonyl (C=O) groups excluding carboxylic acids is 3. The lowest BCUT2D eigenvalue weighted by molar-refractivity contribution is -0.146. The molecule has 0 saturated carbocycles. The van der Waals surface area contributed by atoms with Crippen LogP contribution >= 0.6 is 15.9 Å². The van der Waals surface area contributed by atoms with Gasteiger partial charge >= 0.3 is 5.97 Å². The number of benzene rings is 1. The number of hydrazone groups is 1. The van der Waals surface area contributed by atoms with E-state index in [9.17, 15) is 14.4 Å². The maximum Gasteiger partial charge on any atom is 0.355 e. The van der Waals surface area contributed by atoms with Crippen LogP contribution in [0.4, 0.5) is 5.69 Å². The van der Waals surface area contributed by atoms with Crippen molar-refractivity contribution in [3.63, 3.8) is 0 Å². The topological polar surface area (TPSA) is 96.9 Å². The van der Waals surface area contributed by atoms with Gasteiger partial charge in [0.25, 0.3) is 5.91 Å². The van der Waals surface area contributed by atoms with E-state index in [0.717, 1.165) is 4.47 Å². The van der Waals surface area contributed by atoms with Crippen molar-refractivity contribution in [1.82, 2.24) is 5.43 Å². The molecule has 0 saturated heterocycles. The van der Waals surface area contributed by atoms with Crippen LogP contribution in [0.15, 0.2) is 33.8 Å². The SMILES string of the molecule is C[C@@H](OC(=O)C1=NNC(=O)CC1)C(=O)Nc1ccc(Br)cc1. The monoisotopic (exact) mass is 367 g/mol. The van der Waals surface area contributed by atoms with E-state index >= 15 is 0 Å². The summed E-state index contributed by atoms with van der Waals surface area (Å²) < 4.78 is 5.93. The number of rotatable bonds is 4. The van der Waals surface area contributed by atoms with Gasteiger partial charge in [-0.2, -0.15) is 5.10 Å². The molecule has 2 rings (SSSR count). The zero-order chi connectivity index (χ0) is 16.1. The first-order chi connectivity index (χ1) is 10.5. The van der Waals surface area contributed by atoms with E-state index in [0.29, 0.717) is 5.69 Å². The normalized spacial score (nSPS) is 15.4. The summed E-state index contributed by atoms with van der Waals surface area (Å²) >= 11 is 3.30. The van der Waals surface area contributed by atoms with Gasteiger partial charge in [0.2, 0.25) is 5.91 Å². The van der Waals surface area contributed by atoms with Crippen molar-refractivity contribution < 1.29 is 19.1 Å². The van der Waals surface area contributed by atoms with E-state index in [1.807, 2.05) is 0 Å². The summed E-state index contributed by atoms with van der Waals surface area (Å²) in [6, 6.07) is 7.01. The molecule has 1 aromatic rings. The summed E-state index contributed by atoms with van der Waals surface area (Å²) in [6.07, 6.45) is -0.601. The number of anilines is 1. The second-order valence-electron chi connectivity index (χ2n) is 4.64. The fraction of sp³-hybridized carbons (Fsp3) is 0.286. The molecule has 0 fully saturated rings. The van der Waals surface area contributed by atoms with E-state index in [-0.39, 0.29) is 24.5 Å². The van der Waals surface area contributed by atoms with E-state index in [1.165, 1.54) is 6.92 Å². The molecule has 0 aliphatic carbocycles. The molecule has 1 aliphatic rings. The molecule has 0 unspecified atom stereocenters. The largest absolute Gasteiger partial charge is 0.448 e. The first-order valence-corrected chi connectivity index (χ1v) is 7.38. The van der Waals surface area contributed by atoms with Crippen molar-refractivity contribution in [2.24, 2.45) is 5.10 Å². The van der Waals surface area contributed by atoms with Crippen LogP contribution < -0.4 is 10.7 Å². The molecule has 1 atom stereocenters. The average molecular weight is 368 g/mol. The van der Waals surface area contributed by atoms with Gasteiger partial charge in [-0.05, 0) is 31.2 Å². The van der Waals surface area contributed by atoms with Crippen LogP contribution in [0.3, 0.4) is 0 Å². The Labute approximate surface area is 135 Å². The molecule has 2 amide bonds. The Hall–Kier alpha value is -2.22. The molecule has 0 spiro atoms. The second-order valence-corrected chi connectivity index (χ2v) is 5.55. The number of amides is 2. The van der Waals surface area contributed by atoms with Gasteiger partial charge in [-0.1, -0.05) is 15.9 Å². The number of hydrogen-bond donors (Lipinski definition) is 2. The van der Waals surface area contributed by atoms with E-state index < -0.39 is 18.0 Å². The molecule has 8 heteroatoms. The van der Waals surface area contributed by atoms with Crippen molar-refractivity contribution in [2.75, 3.05) is 5.32 Å². The van der Waals surface area contributed by atoms with Crippen LogP contribution in [0.1, 0.15) is 19.8 Å². The van der Waals surface area contributed by atoms with Crippen LogP contribution in [0.25, 0.3) is 0 Å². The van der Waals surface area contributed by atoms with Crippen molar-refractivity contribution in [2.45, 2.75) is 25.9 Å². The number of carbonyl (C=O) groups is 3. The molecule has 1 aromatic carbocycles. The fourth-order valence-electron chi connectivity index (χ4n) is 1.68. The van der Waals surface area contributed by atoms with E-state index in [2.05, 4.69) is 31.8 Å². The van der Waals surface area contributed by atoms with Crippen LogP contribution in [0.2, 0.25) is 0 Å². The lowest BCUT2D eigenvalue weighted by atomic mass is 10.2. The van der Waals surface area contributed by atoms with Gasteiger partial charge < -0.3 is 10.1 Å². The van der Waals surface area contributed by atoms with E-state index in [4.69, 9.17) is 4.74 Å². The molecule has 0 radical (unpaired) electrons. The highest BCUT2D eigenvalue weighted by Crippen LogP contribution is 2.14. The Bertz CT molecular complexity index is 627. The Kier molecular flexibility index (Phi) is 5.26. The molecule has 0 bridgehead atoms. The predicted molar refractivity (Wildman–Crippen MR) is 83.1 cm³/mol. The molecule has 7 nitrogen and oxygen atoms in total. The Morgan fingerprint density at radius 3 is 2.59 bits per heavy atom. The molecule has 0 aromatic heterocycles.